The molecule has 0 amide bonds. The van der Waals surface area contributed by atoms with Crippen LogP contribution in [0.5, 0.6) is 0 Å². The van der Waals surface area contributed by atoms with E-state index in [0.29, 0.717) is 12.6 Å². The summed E-state index contributed by atoms with van der Waals surface area (Å²) in [6.45, 7) is 6.85. The quantitative estimate of drug-likeness (QED) is 0.754. The van der Waals surface area contributed by atoms with Crippen LogP contribution in [0.25, 0.3) is 0 Å². The molecule has 0 aliphatic carbocycles. The summed E-state index contributed by atoms with van der Waals surface area (Å²) in [4.78, 5) is 6.06. The van der Waals surface area contributed by atoms with Gasteiger partial charge in [-0.3, -0.25) is 0 Å². The van der Waals surface area contributed by atoms with Crippen LogP contribution in [0, 0.1) is 0 Å². The molecule has 0 bridgehead atoms. The fourth-order valence-electron chi connectivity index (χ4n) is 1.47. The number of hydrogen-bond donors (Lipinski definition) is 1. The molecule has 2 N–H and O–H groups in total. The van der Waals surface area contributed by atoms with Gasteiger partial charge in [0, 0.05) is 18.6 Å². The molecule has 0 radical (unpaired) electrons. The fourth-order valence-corrected chi connectivity index (χ4v) is 1.47. The van der Waals surface area contributed by atoms with Crippen molar-refractivity contribution in [1.82, 2.24) is 15.2 Å². The van der Waals surface area contributed by atoms with Crippen molar-refractivity contribution in [2.45, 2.75) is 32.9 Å². The third kappa shape index (κ3) is 2.38. The van der Waals surface area contributed by atoms with Crippen molar-refractivity contribution in [2.75, 3.05) is 11.4 Å². The van der Waals surface area contributed by atoms with Crippen LogP contribution >= 0.6 is 0 Å². The minimum Gasteiger partial charge on any atom is -0.347 e. The molecule has 0 fully saturated rings. The lowest BCUT2D eigenvalue weighted by molar-refractivity contribution is 0.568. The summed E-state index contributed by atoms with van der Waals surface area (Å²) >= 11 is 0. The van der Waals surface area contributed by atoms with Crippen molar-refractivity contribution in [3.05, 3.63) is 12.5 Å². The van der Waals surface area contributed by atoms with E-state index in [9.17, 15) is 0 Å². The largest absolute Gasteiger partial charge is 0.347 e. The summed E-state index contributed by atoms with van der Waals surface area (Å²) in [6, 6.07) is 0.584. The lowest BCUT2D eigenvalue weighted by atomic mass is 10.2. The Balaban J connectivity index is 2.89. The van der Waals surface area contributed by atoms with Gasteiger partial charge >= 0.3 is 0 Å². The van der Waals surface area contributed by atoms with E-state index in [1.165, 1.54) is 6.33 Å². The second-order valence-corrected chi connectivity index (χ2v) is 3.55. The minimum atomic E-state index is 0.244. The first kappa shape index (κ1) is 10.8. The molecule has 1 unspecified atom stereocenters. The number of nitrogens with zero attached hydrogens (tertiary/aromatic N) is 4. The smallest absolute Gasteiger partial charge is 0.170 e. The zero-order valence-corrected chi connectivity index (χ0v) is 8.88. The summed E-state index contributed by atoms with van der Waals surface area (Å²) in [7, 11) is 0. The molecule has 0 saturated heterocycles. The number of rotatable bonds is 4. The van der Waals surface area contributed by atoms with Gasteiger partial charge < -0.3 is 10.6 Å². The van der Waals surface area contributed by atoms with Crippen LogP contribution in [0.2, 0.25) is 0 Å². The molecule has 1 heterocycles. The van der Waals surface area contributed by atoms with Crippen molar-refractivity contribution in [3.8, 4) is 0 Å². The molecule has 1 aromatic rings. The first-order valence-corrected chi connectivity index (χ1v) is 4.78. The van der Waals surface area contributed by atoms with Gasteiger partial charge in [-0.05, 0) is 20.8 Å². The molecular weight excluding hydrogens is 178 g/mol. The average molecular weight is 195 g/mol. The van der Waals surface area contributed by atoms with Crippen LogP contribution in [0.3, 0.4) is 0 Å². The topological polar surface area (TPSA) is 67.9 Å². The summed E-state index contributed by atoms with van der Waals surface area (Å²) in [5, 5.41) is 7.79. The molecular formula is C9H17N5. The summed E-state index contributed by atoms with van der Waals surface area (Å²) in [5.74, 6) is 0.778. The Morgan fingerprint density at radius 1 is 1.43 bits per heavy atom. The maximum absolute atomic E-state index is 5.64. The fraction of sp³-hybridized carbons (Fsp3) is 0.667. The van der Waals surface area contributed by atoms with E-state index in [0.717, 1.165) is 5.82 Å². The molecule has 1 aromatic heterocycles. The third-order valence-electron chi connectivity index (χ3n) is 2.11. The average Bonchev–Trinajstić information content (AvgIpc) is 2.19. The number of nitrogens with two attached hydrogens (primary N) is 1. The second kappa shape index (κ2) is 4.85. The maximum Gasteiger partial charge on any atom is 0.170 e. The van der Waals surface area contributed by atoms with Crippen molar-refractivity contribution in [1.29, 1.82) is 0 Å². The van der Waals surface area contributed by atoms with E-state index in [1.807, 2.05) is 0 Å². The normalized spacial score (nSPS) is 12.9. The van der Waals surface area contributed by atoms with Gasteiger partial charge in [0.05, 0.1) is 6.20 Å². The van der Waals surface area contributed by atoms with Gasteiger partial charge in [-0.1, -0.05) is 0 Å². The summed E-state index contributed by atoms with van der Waals surface area (Å²) < 4.78 is 0. The van der Waals surface area contributed by atoms with Gasteiger partial charge in [0.2, 0.25) is 0 Å². The van der Waals surface area contributed by atoms with Gasteiger partial charge in [0.1, 0.15) is 6.33 Å². The van der Waals surface area contributed by atoms with Gasteiger partial charge in [-0.2, -0.15) is 0 Å². The van der Waals surface area contributed by atoms with Crippen LogP contribution in [-0.4, -0.2) is 33.8 Å². The van der Waals surface area contributed by atoms with E-state index in [4.69, 9.17) is 5.73 Å². The second-order valence-electron chi connectivity index (χ2n) is 3.55. The van der Waals surface area contributed by atoms with Crippen molar-refractivity contribution < 1.29 is 0 Å². The molecule has 14 heavy (non-hydrogen) atoms. The van der Waals surface area contributed by atoms with E-state index < -0.39 is 0 Å². The zero-order chi connectivity index (χ0) is 10.6. The first-order valence-electron chi connectivity index (χ1n) is 4.78. The molecule has 1 rings (SSSR count). The highest BCUT2D eigenvalue weighted by Gasteiger charge is 2.17. The Morgan fingerprint density at radius 2 is 2.14 bits per heavy atom. The molecule has 78 valence electrons. The maximum atomic E-state index is 5.64. The van der Waals surface area contributed by atoms with E-state index in [-0.39, 0.29) is 6.04 Å². The van der Waals surface area contributed by atoms with Gasteiger partial charge in [0.25, 0.3) is 0 Å². The SMILES string of the molecule is CC(C)N(c1cncnn1)C(C)CN. The molecule has 0 aliphatic rings. The first-order chi connectivity index (χ1) is 6.66. The molecule has 0 aromatic carbocycles. The van der Waals surface area contributed by atoms with Crippen LogP contribution < -0.4 is 10.6 Å². The molecule has 0 spiro atoms. The predicted octanol–water partition coefficient (Wildman–Crippen LogP) is 0.434. The van der Waals surface area contributed by atoms with Crippen LogP contribution in [0.1, 0.15) is 20.8 Å². The van der Waals surface area contributed by atoms with Crippen molar-refractivity contribution in [2.24, 2.45) is 5.73 Å². The Labute approximate surface area is 84.3 Å². The summed E-state index contributed by atoms with van der Waals surface area (Å²) in [5.41, 5.74) is 5.64. The van der Waals surface area contributed by atoms with E-state index in [2.05, 4.69) is 40.9 Å². The molecule has 0 saturated carbocycles. The predicted molar refractivity (Wildman–Crippen MR) is 56.0 cm³/mol. The lowest BCUT2D eigenvalue weighted by Crippen LogP contribution is -2.43. The van der Waals surface area contributed by atoms with Gasteiger partial charge in [-0.15, -0.1) is 10.2 Å². The highest BCUT2D eigenvalue weighted by atomic mass is 15.3. The van der Waals surface area contributed by atoms with E-state index in [1.54, 1.807) is 6.20 Å². The molecule has 1 atom stereocenters. The highest BCUT2D eigenvalue weighted by molar-refractivity contribution is 5.36. The molecule has 0 aliphatic heterocycles. The van der Waals surface area contributed by atoms with Crippen LogP contribution in [0.4, 0.5) is 5.82 Å². The van der Waals surface area contributed by atoms with Crippen molar-refractivity contribution in [3.63, 3.8) is 0 Å². The standard InChI is InChI=1S/C9H17N5/c1-7(2)14(8(3)4-10)9-5-11-6-12-13-9/h5-8H,4,10H2,1-3H3. The van der Waals surface area contributed by atoms with Gasteiger partial charge in [0.15, 0.2) is 5.82 Å². The highest BCUT2D eigenvalue weighted by Crippen LogP contribution is 2.14. The monoisotopic (exact) mass is 195 g/mol. The minimum absolute atomic E-state index is 0.244. The van der Waals surface area contributed by atoms with Crippen LogP contribution in [0.15, 0.2) is 12.5 Å². The lowest BCUT2D eigenvalue weighted by Gasteiger charge is -2.32. The number of hydrogen-bond acceptors (Lipinski definition) is 5. The summed E-state index contributed by atoms with van der Waals surface area (Å²) in [6.07, 6.45) is 3.13. The number of aromatic nitrogens is 3. The zero-order valence-electron chi connectivity index (χ0n) is 8.88. The molecule has 5 nitrogen and oxygen atoms in total. The third-order valence-corrected chi connectivity index (χ3v) is 2.11. The Bertz CT molecular complexity index is 261. The Kier molecular flexibility index (Phi) is 3.76. The Morgan fingerprint density at radius 3 is 2.57 bits per heavy atom. The Hall–Kier alpha value is -1.23. The van der Waals surface area contributed by atoms with Crippen LogP contribution in [-0.2, 0) is 0 Å². The number of anilines is 1. The molecule has 5 heteroatoms. The van der Waals surface area contributed by atoms with Gasteiger partial charge in [-0.25, -0.2) is 4.98 Å². The van der Waals surface area contributed by atoms with Crippen molar-refractivity contribution >= 4 is 5.82 Å². The van der Waals surface area contributed by atoms with E-state index >= 15 is 0 Å².